The Hall–Kier alpha value is -1.92. The number of nitro benzene ring substituents is 1. The van der Waals surface area contributed by atoms with Crippen molar-refractivity contribution in [2.75, 3.05) is 6.54 Å². The molecule has 0 saturated heterocycles. The maximum atomic E-state index is 12.8. The highest BCUT2D eigenvalue weighted by atomic mass is 35.5. The molecule has 0 fully saturated rings. The van der Waals surface area contributed by atoms with Crippen LogP contribution in [0.15, 0.2) is 29.6 Å². The third-order valence-corrected chi connectivity index (χ3v) is 5.16. The van der Waals surface area contributed by atoms with E-state index >= 15 is 0 Å². The van der Waals surface area contributed by atoms with Gasteiger partial charge in [-0.1, -0.05) is 11.6 Å². The second kappa shape index (κ2) is 5.70. The van der Waals surface area contributed by atoms with Gasteiger partial charge in [0, 0.05) is 22.5 Å². The molecule has 0 unspecified atom stereocenters. The van der Waals surface area contributed by atoms with Crippen LogP contribution in [0.4, 0.5) is 5.69 Å². The van der Waals surface area contributed by atoms with Gasteiger partial charge in [0.25, 0.3) is 11.6 Å². The van der Waals surface area contributed by atoms with Crippen LogP contribution in [0.2, 0.25) is 5.02 Å². The number of hydrogen-bond donors (Lipinski definition) is 0. The number of carbonyl (C=O) groups excluding carboxylic acids is 1. The van der Waals surface area contributed by atoms with Crippen LogP contribution in [-0.4, -0.2) is 22.3 Å². The summed E-state index contributed by atoms with van der Waals surface area (Å²) in [6.07, 6.45) is 0.782. The summed E-state index contributed by atoms with van der Waals surface area (Å²) in [7, 11) is 0. The molecule has 2 aromatic rings. The smallest absolute Gasteiger partial charge is 0.283 e. The van der Waals surface area contributed by atoms with Gasteiger partial charge < -0.3 is 4.90 Å². The molecule has 0 bridgehead atoms. The number of halogens is 1. The summed E-state index contributed by atoms with van der Waals surface area (Å²) in [4.78, 5) is 26.3. The van der Waals surface area contributed by atoms with Crippen molar-refractivity contribution in [3.8, 4) is 0 Å². The summed E-state index contributed by atoms with van der Waals surface area (Å²) in [5, 5.41) is 13.4. The number of rotatable bonds is 2. The molecule has 114 valence electrons. The Morgan fingerprint density at radius 2 is 2.23 bits per heavy atom. The van der Waals surface area contributed by atoms with Crippen molar-refractivity contribution >= 4 is 34.5 Å². The summed E-state index contributed by atoms with van der Waals surface area (Å²) in [5.74, 6) is -0.326. The van der Waals surface area contributed by atoms with E-state index in [2.05, 4.69) is 0 Å². The van der Waals surface area contributed by atoms with Gasteiger partial charge in [-0.05, 0) is 42.5 Å². The minimum atomic E-state index is -0.566. The zero-order valence-corrected chi connectivity index (χ0v) is 13.4. The Kier molecular flexibility index (Phi) is 3.88. The quantitative estimate of drug-likeness (QED) is 0.613. The number of thiophene rings is 1. The highest BCUT2D eigenvalue weighted by Gasteiger charge is 2.32. The SMILES string of the molecule is C[C@@H]1c2ccsc2CCN1C(=O)c1ccc(Cl)cc1[N+](=O)[O-]. The number of carbonyl (C=O) groups is 1. The maximum absolute atomic E-state index is 12.8. The fourth-order valence-electron chi connectivity index (χ4n) is 2.78. The number of nitro groups is 1. The molecule has 1 aliphatic rings. The summed E-state index contributed by atoms with van der Waals surface area (Å²) >= 11 is 7.49. The molecule has 1 aromatic carbocycles. The van der Waals surface area contributed by atoms with E-state index in [1.807, 2.05) is 18.4 Å². The van der Waals surface area contributed by atoms with Crippen molar-refractivity contribution in [1.82, 2.24) is 4.90 Å². The van der Waals surface area contributed by atoms with Gasteiger partial charge in [-0.2, -0.15) is 0 Å². The fraction of sp³-hybridized carbons (Fsp3) is 0.267. The molecular weight excluding hydrogens is 324 g/mol. The highest BCUT2D eigenvalue weighted by Crippen LogP contribution is 2.35. The number of hydrogen-bond acceptors (Lipinski definition) is 4. The van der Waals surface area contributed by atoms with E-state index in [1.165, 1.54) is 23.1 Å². The van der Waals surface area contributed by atoms with Crippen molar-refractivity contribution in [1.29, 1.82) is 0 Å². The van der Waals surface area contributed by atoms with Gasteiger partial charge in [0.15, 0.2) is 0 Å². The van der Waals surface area contributed by atoms with E-state index in [0.717, 1.165) is 12.0 Å². The van der Waals surface area contributed by atoms with Gasteiger partial charge >= 0.3 is 0 Å². The maximum Gasteiger partial charge on any atom is 0.283 e. The first-order valence-electron chi connectivity index (χ1n) is 6.80. The molecule has 1 aliphatic heterocycles. The Labute approximate surface area is 136 Å². The topological polar surface area (TPSA) is 63.5 Å². The van der Waals surface area contributed by atoms with Crippen LogP contribution in [0.5, 0.6) is 0 Å². The largest absolute Gasteiger partial charge is 0.331 e. The number of amides is 1. The molecule has 2 heterocycles. The second-order valence-corrected chi connectivity index (χ2v) is 6.58. The van der Waals surface area contributed by atoms with Gasteiger partial charge in [0.2, 0.25) is 0 Å². The molecule has 3 rings (SSSR count). The van der Waals surface area contributed by atoms with Crippen molar-refractivity contribution in [2.45, 2.75) is 19.4 Å². The van der Waals surface area contributed by atoms with Gasteiger partial charge in [0.05, 0.1) is 11.0 Å². The normalized spacial score (nSPS) is 17.2. The molecule has 22 heavy (non-hydrogen) atoms. The number of benzene rings is 1. The minimum absolute atomic E-state index is 0.0833. The molecule has 0 spiro atoms. The first-order chi connectivity index (χ1) is 10.5. The monoisotopic (exact) mass is 336 g/mol. The average molecular weight is 337 g/mol. The summed E-state index contributed by atoms with van der Waals surface area (Å²) < 4.78 is 0. The van der Waals surface area contributed by atoms with E-state index in [1.54, 1.807) is 16.2 Å². The highest BCUT2D eigenvalue weighted by molar-refractivity contribution is 7.10. The summed E-state index contributed by atoms with van der Waals surface area (Å²) in [5.41, 5.74) is 0.960. The van der Waals surface area contributed by atoms with Gasteiger partial charge in [-0.25, -0.2) is 0 Å². The lowest BCUT2D eigenvalue weighted by Crippen LogP contribution is -2.38. The van der Waals surface area contributed by atoms with E-state index in [0.29, 0.717) is 6.54 Å². The second-order valence-electron chi connectivity index (χ2n) is 5.14. The summed E-state index contributed by atoms with van der Waals surface area (Å²) in [6, 6.07) is 6.09. The molecule has 7 heteroatoms. The lowest BCUT2D eigenvalue weighted by molar-refractivity contribution is -0.385. The van der Waals surface area contributed by atoms with Crippen LogP contribution in [0, 0.1) is 10.1 Å². The van der Waals surface area contributed by atoms with E-state index in [4.69, 9.17) is 11.6 Å². The molecule has 1 amide bonds. The molecular formula is C15H13ClN2O3S. The predicted octanol–water partition coefficient (Wildman–Crippen LogP) is 4.07. The zero-order chi connectivity index (χ0) is 15.9. The van der Waals surface area contributed by atoms with E-state index < -0.39 is 4.92 Å². The molecule has 1 atom stereocenters. The average Bonchev–Trinajstić information content (AvgIpc) is 2.96. The first-order valence-corrected chi connectivity index (χ1v) is 8.06. The van der Waals surface area contributed by atoms with E-state index in [9.17, 15) is 14.9 Å². The zero-order valence-electron chi connectivity index (χ0n) is 11.8. The molecule has 1 aromatic heterocycles. The standard InChI is InChI=1S/C15H13ClN2O3S/c1-9-11-5-7-22-14(11)4-6-17(9)15(19)12-3-2-10(16)8-13(12)18(20)21/h2-3,5,7-9H,4,6H2,1H3/t9-/m1/s1. The minimum Gasteiger partial charge on any atom is -0.331 e. The molecule has 0 radical (unpaired) electrons. The molecule has 0 N–H and O–H groups in total. The van der Waals surface area contributed by atoms with Crippen LogP contribution in [0.3, 0.4) is 0 Å². The van der Waals surface area contributed by atoms with Gasteiger partial charge in [-0.3, -0.25) is 14.9 Å². The number of fused-ring (bicyclic) bond motifs is 1. The lowest BCUT2D eigenvalue weighted by Gasteiger charge is -2.33. The van der Waals surface area contributed by atoms with Crippen LogP contribution in [-0.2, 0) is 6.42 Å². The Morgan fingerprint density at radius 1 is 1.45 bits per heavy atom. The van der Waals surface area contributed by atoms with Gasteiger partial charge in [0.1, 0.15) is 5.56 Å². The van der Waals surface area contributed by atoms with Crippen molar-refractivity contribution in [2.24, 2.45) is 0 Å². The molecule has 0 saturated carbocycles. The molecule has 0 aliphatic carbocycles. The fourth-order valence-corrected chi connectivity index (χ4v) is 3.91. The Morgan fingerprint density at radius 3 is 2.95 bits per heavy atom. The molecule has 5 nitrogen and oxygen atoms in total. The third kappa shape index (κ3) is 2.48. The van der Waals surface area contributed by atoms with E-state index in [-0.39, 0.29) is 28.2 Å². The summed E-state index contributed by atoms with van der Waals surface area (Å²) in [6.45, 7) is 2.51. The van der Waals surface area contributed by atoms with Crippen LogP contribution in [0.25, 0.3) is 0 Å². The number of nitrogens with zero attached hydrogens (tertiary/aromatic N) is 2. The first kappa shape index (κ1) is 15.0. The third-order valence-electron chi connectivity index (χ3n) is 3.92. The lowest BCUT2D eigenvalue weighted by atomic mass is 10.00. The Balaban J connectivity index is 1.97. The van der Waals surface area contributed by atoms with Gasteiger partial charge in [-0.15, -0.1) is 11.3 Å². The van der Waals surface area contributed by atoms with Crippen molar-refractivity contribution in [3.63, 3.8) is 0 Å². The van der Waals surface area contributed by atoms with Crippen molar-refractivity contribution in [3.05, 3.63) is 60.8 Å². The van der Waals surface area contributed by atoms with Crippen LogP contribution >= 0.6 is 22.9 Å². The van der Waals surface area contributed by atoms with Crippen LogP contribution < -0.4 is 0 Å². The van der Waals surface area contributed by atoms with Crippen molar-refractivity contribution < 1.29 is 9.72 Å². The predicted molar refractivity (Wildman–Crippen MR) is 85.6 cm³/mol. The van der Waals surface area contributed by atoms with Crippen LogP contribution in [0.1, 0.15) is 33.8 Å². The Bertz CT molecular complexity index is 759.